The molecule has 0 amide bonds. The van der Waals surface area contributed by atoms with Gasteiger partial charge >= 0.3 is 11.9 Å². The van der Waals surface area contributed by atoms with E-state index in [9.17, 15) is 14.7 Å². The number of carbonyl (C=O) groups is 2. The number of benzene rings is 3. The molecule has 1 unspecified atom stereocenters. The Morgan fingerprint density at radius 2 is 1.17 bits per heavy atom. The quantitative estimate of drug-likeness (QED) is 0.0735. The van der Waals surface area contributed by atoms with Gasteiger partial charge in [0.2, 0.25) is 6.29 Å². The van der Waals surface area contributed by atoms with Gasteiger partial charge in [-0.25, -0.2) is 4.79 Å². The van der Waals surface area contributed by atoms with Crippen LogP contribution >= 0.6 is 0 Å². The van der Waals surface area contributed by atoms with E-state index in [-0.39, 0.29) is 38.3 Å². The largest absolute Gasteiger partial charge is 0.490 e. The second-order valence-electron chi connectivity index (χ2n) is 10.0. The van der Waals surface area contributed by atoms with Crippen molar-refractivity contribution in [2.75, 3.05) is 26.4 Å². The van der Waals surface area contributed by atoms with Crippen LogP contribution < -0.4 is 14.2 Å². The second kappa shape index (κ2) is 15.4. The number of esters is 2. The average molecular weight is 575 g/mol. The standard InChI is InChI=1S/C34H38O8/c1-22(2)32(35)40-17-15-38-29-11-7-25(8-12-29)27-19-28(21-31(20-27)42-34(37)24(5)6)26-9-13-30(14-10-26)39-16-18-41-33(36)23(3)4/h7-14,19-21,23,34,37H,1,5,15-18H2,2-4,6H3. The maximum absolute atomic E-state index is 11.6. The van der Waals surface area contributed by atoms with Crippen molar-refractivity contribution in [3.8, 4) is 39.5 Å². The summed E-state index contributed by atoms with van der Waals surface area (Å²) in [6, 6.07) is 20.7. The molecule has 0 radical (unpaired) electrons. The van der Waals surface area contributed by atoms with E-state index in [0.717, 1.165) is 22.3 Å². The Morgan fingerprint density at radius 3 is 1.60 bits per heavy atom. The predicted molar refractivity (Wildman–Crippen MR) is 161 cm³/mol. The molecule has 3 rings (SSSR count). The Morgan fingerprint density at radius 1 is 0.690 bits per heavy atom. The molecule has 0 heterocycles. The van der Waals surface area contributed by atoms with Crippen LogP contribution in [0.4, 0.5) is 0 Å². The van der Waals surface area contributed by atoms with Gasteiger partial charge in [0.25, 0.3) is 0 Å². The lowest BCUT2D eigenvalue weighted by Gasteiger charge is -2.16. The first-order valence-electron chi connectivity index (χ1n) is 13.6. The van der Waals surface area contributed by atoms with Crippen LogP contribution in [0.25, 0.3) is 22.3 Å². The van der Waals surface area contributed by atoms with Crippen LogP contribution in [0, 0.1) is 5.92 Å². The molecule has 0 fully saturated rings. The van der Waals surface area contributed by atoms with Crippen molar-refractivity contribution >= 4 is 11.9 Å². The van der Waals surface area contributed by atoms with Crippen molar-refractivity contribution in [3.63, 3.8) is 0 Å². The van der Waals surface area contributed by atoms with Gasteiger partial charge in [-0.1, -0.05) is 51.3 Å². The van der Waals surface area contributed by atoms with Crippen LogP contribution in [0.5, 0.6) is 17.2 Å². The second-order valence-corrected chi connectivity index (χ2v) is 10.0. The summed E-state index contributed by atoms with van der Waals surface area (Å²) >= 11 is 0. The van der Waals surface area contributed by atoms with Gasteiger partial charge in [0, 0.05) is 5.57 Å². The van der Waals surface area contributed by atoms with Crippen LogP contribution in [0.15, 0.2) is 91.0 Å². The van der Waals surface area contributed by atoms with Crippen LogP contribution in [-0.4, -0.2) is 49.8 Å². The van der Waals surface area contributed by atoms with Gasteiger partial charge in [-0.3, -0.25) is 4.79 Å². The Bertz CT molecular complexity index is 1370. The summed E-state index contributed by atoms with van der Waals surface area (Å²) in [5, 5.41) is 10.3. The fraction of sp³-hybridized carbons (Fsp3) is 0.294. The number of hydrogen-bond donors (Lipinski definition) is 1. The van der Waals surface area contributed by atoms with E-state index in [1.807, 2.05) is 66.7 Å². The lowest BCUT2D eigenvalue weighted by Crippen LogP contribution is -2.16. The van der Waals surface area contributed by atoms with Gasteiger partial charge < -0.3 is 28.8 Å². The van der Waals surface area contributed by atoms with E-state index in [2.05, 4.69) is 13.2 Å². The predicted octanol–water partition coefficient (Wildman–Crippen LogP) is 6.37. The minimum atomic E-state index is -1.15. The molecule has 0 saturated heterocycles. The molecule has 3 aromatic rings. The van der Waals surface area contributed by atoms with Crippen LogP contribution in [0.3, 0.4) is 0 Å². The molecule has 0 aliphatic rings. The molecule has 0 spiro atoms. The van der Waals surface area contributed by atoms with E-state index in [0.29, 0.717) is 28.4 Å². The number of rotatable bonds is 15. The lowest BCUT2D eigenvalue weighted by molar-refractivity contribution is -0.148. The normalized spacial score (nSPS) is 11.4. The number of hydrogen-bond acceptors (Lipinski definition) is 8. The summed E-state index contributed by atoms with van der Waals surface area (Å²) in [6.07, 6.45) is -1.15. The number of ether oxygens (including phenoxy) is 5. The molecule has 42 heavy (non-hydrogen) atoms. The van der Waals surface area contributed by atoms with Crippen molar-refractivity contribution in [2.24, 2.45) is 5.92 Å². The minimum absolute atomic E-state index is 0.122. The molecular formula is C34H38O8. The molecular weight excluding hydrogens is 536 g/mol. The molecule has 1 N–H and O–H groups in total. The van der Waals surface area contributed by atoms with Crippen molar-refractivity contribution < 1.29 is 38.4 Å². The summed E-state index contributed by atoms with van der Waals surface area (Å²) in [4.78, 5) is 23.1. The molecule has 3 aromatic carbocycles. The van der Waals surface area contributed by atoms with Crippen molar-refractivity contribution in [1.82, 2.24) is 0 Å². The summed E-state index contributed by atoms with van der Waals surface area (Å²) in [6.45, 7) is 14.9. The molecule has 0 aromatic heterocycles. The Balaban J connectivity index is 1.74. The first kappa shape index (κ1) is 32.0. The number of aliphatic hydroxyl groups excluding tert-OH is 1. The molecule has 222 valence electrons. The molecule has 8 nitrogen and oxygen atoms in total. The smallest absolute Gasteiger partial charge is 0.333 e. The first-order chi connectivity index (χ1) is 20.0. The monoisotopic (exact) mass is 574 g/mol. The summed E-state index contributed by atoms with van der Waals surface area (Å²) in [7, 11) is 0. The van der Waals surface area contributed by atoms with Gasteiger partial charge in [-0.2, -0.15) is 0 Å². The van der Waals surface area contributed by atoms with Gasteiger partial charge in [0.05, 0.1) is 5.92 Å². The van der Waals surface area contributed by atoms with E-state index in [1.165, 1.54) is 0 Å². The van der Waals surface area contributed by atoms with Crippen LogP contribution in [0.2, 0.25) is 0 Å². The van der Waals surface area contributed by atoms with E-state index >= 15 is 0 Å². The maximum atomic E-state index is 11.6. The third-order valence-electron chi connectivity index (χ3n) is 5.95. The van der Waals surface area contributed by atoms with Crippen molar-refractivity contribution in [1.29, 1.82) is 0 Å². The highest BCUT2D eigenvalue weighted by molar-refractivity contribution is 5.86. The van der Waals surface area contributed by atoms with Gasteiger partial charge in [-0.15, -0.1) is 0 Å². The SMILES string of the molecule is C=C(C)C(=O)OCCOc1ccc(-c2cc(OC(O)C(=C)C)cc(-c3ccc(OCCOC(=O)C(C)C)cc3)c2)cc1. The molecule has 0 aliphatic carbocycles. The van der Waals surface area contributed by atoms with Crippen molar-refractivity contribution in [2.45, 2.75) is 34.0 Å². The zero-order chi connectivity index (χ0) is 30.6. The lowest BCUT2D eigenvalue weighted by atomic mass is 9.98. The minimum Gasteiger partial charge on any atom is -0.490 e. The fourth-order valence-electron chi connectivity index (χ4n) is 3.60. The van der Waals surface area contributed by atoms with E-state index < -0.39 is 12.3 Å². The van der Waals surface area contributed by atoms with Crippen molar-refractivity contribution in [3.05, 3.63) is 91.0 Å². The highest BCUT2D eigenvalue weighted by Gasteiger charge is 2.12. The molecule has 0 saturated carbocycles. The Kier molecular flexibility index (Phi) is 11.8. The molecule has 0 aliphatic heterocycles. The summed E-state index contributed by atoms with van der Waals surface area (Å²) in [5.74, 6) is 0.869. The third-order valence-corrected chi connectivity index (χ3v) is 5.95. The maximum Gasteiger partial charge on any atom is 0.333 e. The molecule has 8 heteroatoms. The topological polar surface area (TPSA) is 101 Å². The highest BCUT2D eigenvalue weighted by atomic mass is 16.6. The zero-order valence-corrected chi connectivity index (χ0v) is 24.6. The summed E-state index contributed by atoms with van der Waals surface area (Å²) < 4.78 is 27.4. The van der Waals surface area contributed by atoms with E-state index in [1.54, 1.807) is 27.7 Å². The first-order valence-corrected chi connectivity index (χ1v) is 13.6. The molecule has 1 atom stereocenters. The average Bonchev–Trinajstić information content (AvgIpc) is 2.97. The van der Waals surface area contributed by atoms with Gasteiger partial charge in [-0.05, 0) is 84.1 Å². The van der Waals surface area contributed by atoms with Gasteiger partial charge in [0.1, 0.15) is 43.7 Å². The number of aliphatic hydroxyl groups is 1. The van der Waals surface area contributed by atoms with Crippen LogP contribution in [-0.2, 0) is 19.1 Å². The zero-order valence-electron chi connectivity index (χ0n) is 24.6. The van der Waals surface area contributed by atoms with E-state index in [4.69, 9.17) is 23.7 Å². The Labute approximate surface area is 247 Å². The summed E-state index contributed by atoms with van der Waals surface area (Å²) in [5.41, 5.74) is 4.38. The van der Waals surface area contributed by atoms with Crippen LogP contribution in [0.1, 0.15) is 27.7 Å². The third kappa shape index (κ3) is 9.82. The van der Waals surface area contributed by atoms with Gasteiger partial charge in [0.15, 0.2) is 0 Å². The molecule has 0 bridgehead atoms. The number of carbonyl (C=O) groups excluding carboxylic acids is 2. The highest BCUT2D eigenvalue weighted by Crippen LogP contribution is 2.33. The fourth-order valence-corrected chi connectivity index (χ4v) is 3.60. The Hall–Kier alpha value is -4.56.